The first kappa shape index (κ1) is 16.6. The van der Waals surface area contributed by atoms with E-state index < -0.39 is 18.0 Å². The fourth-order valence-corrected chi connectivity index (χ4v) is 1.58. The largest absolute Gasteiger partial charge is 0.479 e. The van der Waals surface area contributed by atoms with E-state index in [2.05, 4.69) is 10.6 Å². The number of hydrogen-bond donors (Lipinski definition) is 4. The van der Waals surface area contributed by atoms with Crippen LogP contribution in [-0.4, -0.2) is 47.2 Å². The number of hydrogen-bond acceptors (Lipinski definition) is 4. The van der Waals surface area contributed by atoms with Crippen LogP contribution in [0.25, 0.3) is 0 Å². The molecule has 0 saturated carbocycles. The van der Waals surface area contributed by atoms with Gasteiger partial charge in [-0.25, -0.2) is 4.79 Å². The molecule has 1 aromatic rings. The second-order valence-electron chi connectivity index (χ2n) is 4.54. The zero-order valence-corrected chi connectivity index (χ0v) is 11.6. The van der Waals surface area contributed by atoms with E-state index in [4.69, 9.17) is 10.2 Å². The highest BCUT2D eigenvalue weighted by Crippen LogP contribution is 2.03. The van der Waals surface area contributed by atoms with E-state index in [1.54, 1.807) is 18.2 Å². The molecule has 7 nitrogen and oxygen atoms in total. The molecule has 4 N–H and O–H groups in total. The fourth-order valence-electron chi connectivity index (χ4n) is 1.58. The molecule has 1 rings (SSSR count). The molecule has 0 spiro atoms. The number of carboxylic acids is 1. The summed E-state index contributed by atoms with van der Waals surface area (Å²) in [6.07, 6.45) is -1.60. The predicted octanol–water partition coefficient (Wildman–Crippen LogP) is -0.323. The van der Waals surface area contributed by atoms with E-state index in [1.807, 2.05) is 13.0 Å². The number of amides is 2. The molecular formula is C14H18N2O5. The third kappa shape index (κ3) is 6.05. The molecule has 0 aliphatic rings. The highest BCUT2D eigenvalue weighted by Gasteiger charge is 2.13. The molecule has 0 bridgehead atoms. The molecule has 1 atom stereocenters. The monoisotopic (exact) mass is 294 g/mol. The van der Waals surface area contributed by atoms with Crippen LogP contribution in [0.1, 0.15) is 22.3 Å². The first-order chi connectivity index (χ1) is 9.90. The van der Waals surface area contributed by atoms with Gasteiger partial charge in [0.25, 0.3) is 5.91 Å². The maximum atomic E-state index is 11.8. The third-order valence-electron chi connectivity index (χ3n) is 2.71. The number of aliphatic hydroxyl groups excluding tert-OH is 1. The van der Waals surface area contributed by atoms with Crippen molar-refractivity contribution in [1.29, 1.82) is 0 Å². The number of aliphatic hydroxyl groups is 1. The number of carbonyl (C=O) groups excluding carboxylic acids is 2. The van der Waals surface area contributed by atoms with Crippen molar-refractivity contribution < 1.29 is 24.6 Å². The van der Waals surface area contributed by atoms with Crippen LogP contribution in [0.15, 0.2) is 24.3 Å². The van der Waals surface area contributed by atoms with E-state index in [-0.39, 0.29) is 25.4 Å². The third-order valence-corrected chi connectivity index (χ3v) is 2.71. The van der Waals surface area contributed by atoms with Gasteiger partial charge in [-0.05, 0) is 19.1 Å². The summed E-state index contributed by atoms with van der Waals surface area (Å²) >= 11 is 0. The molecule has 0 heterocycles. The molecule has 114 valence electrons. The number of aliphatic carboxylic acids is 1. The summed E-state index contributed by atoms with van der Waals surface area (Å²) in [5, 5.41) is 22.3. The van der Waals surface area contributed by atoms with E-state index >= 15 is 0 Å². The molecule has 0 aliphatic heterocycles. The first-order valence-electron chi connectivity index (χ1n) is 6.42. The van der Waals surface area contributed by atoms with Crippen LogP contribution in [0.4, 0.5) is 0 Å². The molecule has 7 heteroatoms. The maximum Gasteiger partial charge on any atom is 0.332 e. The van der Waals surface area contributed by atoms with Gasteiger partial charge in [0.1, 0.15) is 0 Å². The van der Waals surface area contributed by atoms with Crippen molar-refractivity contribution in [3.63, 3.8) is 0 Å². The van der Waals surface area contributed by atoms with Crippen LogP contribution in [0.2, 0.25) is 0 Å². The molecule has 0 unspecified atom stereocenters. The minimum atomic E-state index is -1.51. The smallest absolute Gasteiger partial charge is 0.332 e. The van der Waals surface area contributed by atoms with Crippen LogP contribution < -0.4 is 10.6 Å². The predicted molar refractivity (Wildman–Crippen MR) is 74.8 cm³/mol. The van der Waals surface area contributed by atoms with Crippen molar-refractivity contribution >= 4 is 17.8 Å². The Morgan fingerprint density at radius 2 is 1.95 bits per heavy atom. The second-order valence-corrected chi connectivity index (χ2v) is 4.54. The summed E-state index contributed by atoms with van der Waals surface area (Å²) < 4.78 is 0. The molecule has 2 amide bonds. The van der Waals surface area contributed by atoms with Crippen LogP contribution in [0.3, 0.4) is 0 Å². The number of nitrogens with one attached hydrogen (secondary N) is 2. The summed E-state index contributed by atoms with van der Waals surface area (Å²) in [5.74, 6) is -2.15. The van der Waals surface area contributed by atoms with Crippen molar-refractivity contribution in [2.24, 2.45) is 0 Å². The SMILES string of the molecule is Cc1cccc(C(=O)NCC(=O)NCC[C@H](O)C(=O)O)c1. The Morgan fingerprint density at radius 1 is 1.24 bits per heavy atom. The number of aryl methyl sites for hydroxylation is 1. The Morgan fingerprint density at radius 3 is 2.57 bits per heavy atom. The summed E-state index contributed by atoms with van der Waals surface area (Å²) in [5.41, 5.74) is 1.40. The van der Waals surface area contributed by atoms with Crippen LogP contribution in [0.5, 0.6) is 0 Å². The first-order valence-corrected chi connectivity index (χ1v) is 6.42. The molecule has 0 fully saturated rings. The number of benzene rings is 1. The molecular weight excluding hydrogens is 276 g/mol. The Labute approximate surface area is 122 Å². The topological polar surface area (TPSA) is 116 Å². The minimum absolute atomic E-state index is 0.0205. The lowest BCUT2D eigenvalue weighted by atomic mass is 10.1. The average molecular weight is 294 g/mol. The normalized spacial score (nSPS) is 11.5. The summed E-state index contributed by atoms with van der Waals surface area (Å²) in [7, 11) is 0. The van der Waals surface area contributed by atoms with Gasteiger partial charge in [0.2, 0.25) is 5.91 Å². The second kappa shape index (κ2) is 8.01. The number of carbonyl (C=O) groups is 3. The highest BCUT2D eigenvalue weighted by atomic mass is 16.4. The Balaban J connectivity index is 2.30. The van der Waals surface area contributed by atoms with E-state index in [1.165, 1.54) is 0 Å². The zero-order valence-electron chi connectivity index (χ0n) is 11.6. The van der Waals surface area contributed by atoms with Crippen molar-refractivity contribution in [2.45, 2.75) is 19.4 Å². The number of carboxylic acid groups (broad SMARTS) is 1. The minimum Gasteiger partial charge on any atom is -0.479 e. The van der Waals surface area contributed by atoms with Crippen LogP contribution in [-0.2, 0) is 9.59 Å². The van der Waals surface area contributed by atoms with Crippen molar-refractivity contribution in [3.8, 4) is 0 Å². The standard InChI is InChI=1S/C14H18N2O5/c1-9-3-2-4-10(7-9)13(19)16-8-12(18)15-6-5-11(17)14(20)21/h2-4,7,11,17H,5-6,8H2,1H3,(H,15,18)(H,16,19)(H,20,21)/t11-/m0/s1. The van der Waals surface area contributed by atoms with Gasteiger partial charge in [0.15, 0.2) is 6.10 Å². The lowest BCUT2D eigenvalue weighted by molar-refractivity contribution is -0.147. The molecule has 21 heavy (non-hydrogen) atoms. The summed E-state index contributed by atoms with van der Waals surface area (Å²) in [6, 6.07) is 6.95. The van der Waals surface area contributed by atoms with E-state index in [0.29, 0.717) is 5.56 Å². The fraction of sp³-hybridized carbons (Fsp3) is 0.357. The molecule has 1 aromatic carbocycles. The van der Waals surface area contributed by atoms with Crippen LogP contribution >= 0.6 is 0 Å². The van der Waals surface area contributed by atoms with Gasteiger partial charge >= 0.3 is 5.97 Å². The van der Waals surface area contributed by atoms with Gasteiger partial charge < -0.3 is 20.8 Å². The Hall–Kier alpha value is -2.41. The zero-order chi connectivity index (χ0) is 15.8. The van der Waals surface area contributed by atoms with Gasteiger partial charge in [0, 0.05) is 18.5 Å². The average Bonchev–Trinajstić information content (AvgIpc) is 2.44. The lowest BCUT2D eigenvalue weighted by Crippen LogP contribution is -2.38. The lowest BCUT2D eigenvalue weighted by Gasteiger charge is -2.08. The molecule has 0 aromatic heterocycles. The van der Waals surface area contributed by atoms with Crippen molar-refractivity contribution in [1.82, 2.24) is 10.6 Å². The maximum absolute atomic E-state index is 11.8. The van der Waals surface area contributed by atoms with Gasteiger partial charge in [-0.1, -0.05) is 17.7 Å². The summed E-state index contributed by atoms with van der Waals surface area (Å²) in [4.78, 5) is 33.6. The Kier molecular flexibility index (Phi) is 6.35. The van der Waals surface area contributed by atoms with Gasteiger partial charge in [0.05, 0.1) is 6.54 Å². The summed E-state index contributed by atoms with van der Waals surface area (Å²) in [6.45, 7) is 1.67. The van der Waals surface area contributed by atoms with Gasteiger partial charge in [-0.3, -0.25) is 9.59 Å². The quantitative estimate of drug-likeness (QED) is 0.550. The van der Waals surface area contributed by atoms with Gasteiger partial charge in [-0.2, -0.15) is 0 Å². The van der Waals surface area contributed by atoms with Crippen molar-refractivity contribution in [3.05, 3.63) is 35.4 Å². The van der Waals surface area contributed by atoms with Crippen LogP contribution in [0, 0.1) is 6.92 Å². The van der Waals surface area contributed by atoms with Crippen molar-refractivity contribution in [2.75, 3.05) is 13.1 Å². The van der Waals surface area contributed by atoms with E-state index in [0.717, 1.165) is 5.56 Å². The van der Waals surface area contributed by atoms with E-state index in [9.17, 15) is 14.4 Å². The molecule has 0 aliphatic carbocycles. The number of rotatable bonds is 7. The molecule has 0 saturated heterocycles. The Bertz CT molecular complexity index is 530. The highest BCUT2D eigenvalue weighted by molar-refractivity contribution is 5.96. The molecule has 0 radical (unpaired) electrons. The van der Waals surface area contributed by atoms with Gasteiger partial charge in [-0.15, -0.1) is 0 Å².